The van der Waals surface area contributed by atoms with Crippen LogP contribution in [0.15, 0.2) is 59.6 Å². The van der Waals surface area contributed by atoms with E-state index in [4.69, 9.17) is 0 Å². The van der Waals surface area contributed by atoms with Gasteiger partial charge in [0.2, 0.25) is 10.0 Å². The van der Waals surface area contributed by atoms with Gasteiger partial charge in [-0.2, -0.15) is 4.31 Å². The number of sulfonamides is 1. The molecule has 10 heteroatoms. The van der Waals surface area contributed by atoms with Crippen LogP contribution in [0.1, 0.15) is 29.8 Å². The Balaban J connectivity index is 1.54. The summed E-state index contributed by atoms with van der Waals surface area (Å²) in [7, 11) is -1.68. The van der Waals surface area contributed by atoms with E-state index in [1.807, 2.05) is 35.9 Å². The summed E-state index contributed by atoms with van der Waals surface area (Å²) in [5.74, 6) is -0.428. The van der Waals surface area contributed by atoms with E-state index >= 15 is 0 Å². The molecule has 3 amide bonds. The van der Waals surface area contributed by atoms with Gasteiger partial charge in [-0.25, -0.2) is 18.6 Å². The van der Waals surface area contributed by atoms with E-state index in [1.54, 1.807) is 32.2 Å². The van der Waals surface area contributed by atoms with E-state index in [0.29, 0.717) is 18.7 Å². The number of urea groups is 1. The van der Waals surface area contributed by atoms with Crippen molar-refractivity contribution in [2.24, 2.45) is 7.05 Å². The first-order valence-corrected chi connectivity index (χ1v) is 11.7. The smallest absolute Gasteiger partial charge is 0.333 e. The lowest BCUT2D eigenvalue weighted by molar-refractivity contribution is 0.0937. The Kier molecular flexibility index (Phi) is 7.16. The second kappa shape index (κ2) is 9.84. The molecule has 0 radical (unpaired) electrons. The second-order valence-corrected chi connectivity index (χ2v) is 9.10. The van der Waals surface area contributed by atoms with Crippen molar-refractivity contribution in [1.29, 1.82) is 0 Å². The summed E-state index contributed by atoms with van der Waals surface area (Å²) in [6.45, 7) is 4.54. The first-order chi connectivity index (χ1) is 15.3. The van der Waals surface area contributed by atoms with Crippen molar-refractivity contribution in [3.8, 4) is 0 Å². The fourth-order valence-electron chi connectivity index (χ4n) is 3.42. The molecule has 1 aromatic heterocycles. The molecule has 2 aromatic carbocycles. The van der Waals surface area contributed by atoms with Gasteiger partial charge in [0.15, 0.2) is 0 Å². The molecular formula is C22H27N5O4S. The number of hydrogen-bond donors (Lipinski definition) is 3. The Morgan fingerprint density at radius 2 is 1.62 bits per heavy atom. The molecule has 3 rings (SSSR count). The number of rotatable bonds is 7. The number of nitrogens with zero attached hydrogens (tertiary/aromatic N) is 2. The molecule has 0 aliphatic heterocycles. The highest BCUT2D eigenvalue weighted by molar-refractivity contribution is 7.89. The summed E-state index contributed by atoms with van der Waals surface area (Å²) in [6.07, 6.45) is 1.70. The van der Waals surface area contributed by atoms with Crippen LogP contribution in [0.5, 0.6) is 0 Å². The molecule has 1 heterocycles. The quantitative estimate of drug-likeness (QED) is 0.473. The highest BCUT2D eigenvalue weighted by atomic mass is 32.2. The second-order valence-electron chi connectivity index (χ2n) is 7.17. The van der Waals surface area contributed by atoms with Crippen LogP contribution >= 0.6 is 0 Å². The zero-order chi connectivity index (χ0) is 23.3. The minimum atomic E-state index is -3.52. The van der Waals surface area contributed by atoms with Crippen molar-refractivity contribution >= 4 is 32.9 Å². The number of carbonyl (C=O) groups is 2. The van der Waals surface area contributed by atoms with Crippen LogP contribution < -0.4 is 16.2 Å². The Hall–Kier alpha value is -3.37. The summed E-state index contributed by atoms with van der Waals surface area (Å²) in [5.41, 5.74) is 6.81. The topological polar surface area (TPSA) is 113 Å². The summed E-state index contributed by atoms with van der Waals surface area (Å²) < 4.78 is 28.3. The van der Waals surface area contributed by atoms with Crippen LogP contribution in [0.3, 0.4) is 0 Å². The molecular weight excluding hydrogens is 430 g/mol. The third-order valence-electron chi connectivity index (χ3n) is 5.15. The number of hydrazine groups is 1. The van der Waals surface area contributed by atoms with Gasteiger partial charge >= 0.3 is 6.03 Å². The molecule has 0 atom stereocenters. The van der Waals surface area contributed by atoms with E-state index in [2.05, 4.69) is 16.2 Å². The first-order valence-electron chi connectivity index (χ1n) is 10.2. The lowest BCUT2D eigenvalue weighted by Crippen LogP contribution is -2.46. The number of aryl methyl sites for hydroxylation is 1. The van der Waals surface area contributed by atoms with Crippen molar-refractivity contribution in [3.63, 3.8) is 0 Å². The minimum Gasteiger partial charge on any atom is -0.350 e. The summed E-state index contributed by atoms with van der Waals surface area (Å²) in [5, 5.41) is 3.41. The van der Waals surface area contributed by atoms with Crippen LogP contribution in [-0.2, 0) is 23.6 Å². The van der Waals surface area contributed by atoms with E-state index in [0.717, 1.165) is 16.5 Å². The zero-order valence-corrected chi connectivity index (χ0v) is 19.1. The van der Waals surface area contributed by atoms with E-state index in [-0.39, 0.29) is 11.4 Å². The van der Waals surface area contributed by atoms with Crippen molar-refractivity contribution in [3.05, 3.63) is 65.9 Å². The number of carbonyl (C=O) groups excluding carboxylic acids is 2. The van der Waals surface area contributed by atoms with Crippen molar-refractivity contribution in [1.82, 2.24) is 25.0 Å². The molecule has 0 fully saturated rings. The predicted molar refractivity (Wildman–Crippen MR) is 122 cm³/mol. The van der Waals surface area contributed by atoms with Crippen LogP contribution in [0, 0.1) is 0 Å². The minimum absolute atomic E-state index is 0.168. The van der Waals surface area contributed by atoms with Gasteiger partial charge in [0, 0.05) is 43.8 Å². The Bertz CT molecular complexity index is 1210. The number of nitrogens with one attached hydrogen (secondary N) is 3. The molecule has 0 aliphatic rings. The molecule has 0 aliphatic carbocycles. The van der Waals surface area contributed by atoms with Gasteiger partial charge in [0.25, 0.3) is 5.91 Å². The fraction of sp³-hybridized carbons (Fsp3) is 0.273. The molecule has 3 aromatic rings. The molecule has 0 bridgehead atoms. The highest BCUT2D eigenvalue weighted by Gasteiger charge is 2.21. The fourth-order valence-corrected chi connectivity index (χ4v) is 4.88. The number of hydrogen-bond acceptors (Lipinski definition) is 4. The largest absolute Gasteiger partial charge is 0.350 e. The zero-order valence-electron chi connectivity index (χ0n) is 18.3. The number of amides is 3. The number of benzene rings is 2. The summed E-state index contributed by atoms with van der Waals surface area (Å²) in [4.78, 5) is 24.7. The molecule has 9 nitrogen and oxygen atoms in total. The van der Waals surface area contributed by atoms with Gasteiger partial charge in [0.1, 0.15) is 0 Å². The summed E-state index contributed by atoms with van der Waals surface area (Å²) in [6, 6.07) is 13.2. The number of fused-ring (bicyclic) bond motifs is 1. The maximum absolute atomic E-state index is 12.5. The van der Waals surface area contributed by atoms with Crippen LogP contribution in [0.4, 0.5) is 4.79 Å². The first kappa shape index (κ1) is 23.3. The third-order valence-corrected chi connectivity index (χ3v) is 7.21. The predicted octanol–water partition coefficient (Wildman–Crippen LogP) is 2.35. The van der Waals surface area contributed by atoms with E-state index < -0.39 is 22.0 Å². The SMILES string of the molecule is CCN(CC)S(=O)(=O)c1ccc(CNC(=O)NNC(=O)c2cn(C)c3ccccc23)cc1. The molecule has 32 heavy (non-hydrogen) atoms. The van der Waals surface area contributed by atoms with E-state index in [1.165, 1.54) is 16.4 Å². The van der Waals surface area contributed by atoms with Gasteiger partial charge in [-0.1, -0.05) is 44.2 Å². The molecule has 0 spiro atoms. The van der Waals surface area contributed by atoms with Crippen LogP contribution in [0.2, 0.25) is 0 Å². The summed E-state index contributed by atoms with van der Waals surface area (Å²) >= 11 is 0. The normalized spacial score (nSPS) is 11.5. The average Bonchev–Trinajstić information content (AvgIpc) is 3.14. The van der Waals surface area contributed by atoms with Gasteiger partial charge < -0.3 is 9.88 Å². The van der Waals surface area contributed by atoms with Crippen LogP contribution in [0.25, 0.3) is 10.9 Å². The van der Waals surface area contributed by atoms with Gasteiger partial charge in [-0.05, 0) is 23.8 Å². The molecule has 0 unspecified atom stereocenters. The maximum Gasteiger partial charge on any atom is 0.333 e. The Morgan fingerprint density at radius 1 is 0.969 bits per heavy atom. The van der Waals surface area contributed by atoms with Gasteiger partial charge in [-0.3, -0.25) is 10.2 Å². The van der Waals surface area contributed by atoms with Crippen LogP contribution in [-0.4, -0.2) is 42.3 Å². The molecule has 3 N–H and O–H groups in total. The monoisotopic (exact) mass is 457 g/mol. The Labute approximate surface area is 187 Å². The van der Waals surface area contributed by atoms with E-state index in [9.17, 15) is 18.0 Å². The molecule has 0 saturated carbocycles. The molecule has 0 saturated heterocycles. The standard InChI is InChI=1S/C22H27N5O4S/c1-4-27(5-2)32(30,31)17-12-10-16(11-13-17)14-23-22(29)25-24-21(28)19-15-26(3)20-9-7-6-8-18(19)20/h6-13,15H,4-5,14H2,1-3H3,(H,24,28)(H2,23,25,29). The van der Waals surface area contributed by atoms with Gasteiger partial charge in [-0.15, -0.1) is 0 Å². The number of aromatic nitrogens is 1. The average molecular weight is 458 g/mol. The Morgan fingerprint density at radius 3 is 2.28 bits per heavy atom. The van der Waals surface area contributed by atoms with Crippen molar-refractivity contribution < 1.29 is 18.0 Å². The lowest BCUT2D eigenvalue weighted by atomic mass is 10.2. The lowest BCUT2D eigenvalue weighted by Gasteiger charge is -2.18. The van der Waals surface area contributed by atoms with Crippen molar-refractivity contribution in [2.45, 2.75) is 25.3 Å². The van der Waals surface area contributed by atoms with Crippen molar-refractivity contribution in [2.75, 3.05) is 13.1 Å². The maximum atomic E-state index is 12.5. The third kappa shape index (κ3) is 4.92. The number of para-hydroxylation sites is 1. The molecule has 170 valence electrons. The van der Waals surface area contributed by atoms with Gasteiger partial charge in [0.05, 0.1) is 10.5 Å². The highest BCUT2D eigenvalue weighted by Crippen LogP contribution is 2.20.